The highest BCUT2D eigenvalue weighted by Gasteiger charge is 2.13. The van der Waals surface area contributed by atoms with Crippen molar-refractivity contribution in [2.24, 2.45) is 4.99 Å². The number of nitrogens with zero attached hydrogens (tertiary/aromatic N) is 3. The molecule has 0 aliphatic heterocycles. The van der Waals surface area contributed by atoms with Crippen molar-refractivity contribution in [3.63, 3.8) is 0 Å². The van der Waals surface area contributed by atoms with Gasteiger partial charge in [0.15, 0.2) is 4.80 Å². The number of aryl methyl sites for hydroxylation is 1. The van der Waals surface area contributed by atoms with Gasteiger partial charge in [0, 0.05) is 24.2 Å². The summed E-state index contributed by atoms with van der Waals surface area (Å²) in [4.78, 5) is 28.1. The number of unbranched alkanes of at least 4 members (excludes halogenated alkanes) is 1. The van der Waals surface area contributed by atoms with Crippen molar-refractivity contribution < 1.29 is 14.5 Å². The number of carbonyl (C=O) groups is 1. The van der Waals surface area contributed by atoms with Gasteiger partial charge in [0.25, 0.3) is 11.6 Å². The molecule has 0 saturated carbocycles. The normalized spacial score (nSPS) is 11.7. The molecule has 0 N–H and O–H groups in total. The van der Waals surface area contributed by atoms with Gasteiger partial charge in [-0.05, 0) is 43.2 Å². The smallest absolute Gasteiger partial charge is 0.279 e. The zero-order valence-corrected chi connectivity index (χ0v) is 17.3. The van der Waals surface area contributed by atoms with E-state index in [-0.39, 0.29) is 11.6 Å². The van der Waals surface area contributed by atoms with Gasteiger partial charge in [-0.25, -0.2) is 0 Å². The van der Waals surface area contributed by atoms with Gasteiger partial charge >= 0.3 is 0 Å². The van der Waals surface area contributed by atoms with E-state index in [1.165, 1.54) is 23.5 Å². The number of benzene rings is 2. The van der Waals surface area contributed by atoms with Crippen molar-refractivity contribution in [1.82, 2.24) is 4.57 Å². The highest BCUT2D eigenvalue weighted by molar-refractivity contribution is 7.16. The lowest BCUT2D eigenvalue weighted by Crippen LogP contribution is -2.16. The molecular weight excluding hydrogens is 390 g/mol. The minimum Gasteiger partial charge on any atom is -0.494 e. The van der Waals surface area contributed by atoms with Gasteiger partial charge in [-0.1, -0.05) is 31.6 Å². The molecule has 29 heavy (non-hydrogen) atoms. The molecule has 0 bridgehead atoms. The molecule has 1 aromatic heterocycles. The average Bonchev–Trinajstić information content (AvgIpc) is 3.05. The quantitative estimate of drug-likeness (QED) is 0.297. The number of hydrogen-bond acceptors (Lipinski definition) is 5. The highest BCUT2D eigenvalue weighted by atomic mass is 32.1. The summed E-state index contributed by atoms with van der Waals surface area (Å²) in [7, 11) is 0. The molecule has 7 nitrogen and oxygen atoms in total. The monoisotopic (exact) mass is 413 g/mol. The molecule has 8 heteroatoms. The van der Waals surface area contributed by atoms with Crippen LogP contribution in [0.4, 0.5) is 5.69 Å². The van der Waals surface area contributed by atoms with Crippen molar-refractivity contribution in [3.05, 3.63) is 62.9 Å². The number of nitro groups is 1. The summed E-state index contributed by atoms with van der Waals surface area (Å²) >= 11 is 1.28. The number of nitro benzene ring substituents is 1. The van der Waals surface area contributed by atoms with Crippen molar-refractivity contribution >= 4 is 33.1 Å². The number of amides is 1. The number of fused-ring (bicyclic) bond motifs is 1. The van der Waals surface area contributed by atoms with Crippen LogP contribution in [-0.4, -0.2) is 22.0 Å². The Morgan fingerprint density at radius 2 is 1.93 bits per heavy atom. The number of ether oxygens (including phenoxy) is 1. The summed E-state index contributed by atoms with van der Waals surface area (Å²) in [5, 5.41) is 11.1. The minimum absolute atomic E-state index is 0.0268. The maximum absolute atomic E-state index is 12.7. The summed E-state index contributed by atoms with van der Waals surface area (Å²) in [6.45, 7) is 5.46. The second-order valence-corrected chi connectivity index (χ2v) is 7.60. The largest absolute Gasteiger partial charge is 0.494 e. The fourth-order valence-electron chi connectivity index (χ4n) is 2.88. The number of aromatic nitrogens is 1. The standard InChI is InChI=1S/C21H23N3O4S/c1-3-5-13-28-17-9-6-15(7-10-17)20(25)22-21-23(12-4-2)18-11-8-16(24(26)27)14-19(18)29-21/h6-11,14H,3-5,12-13H2,1-2H3. The van der Waals surface area contributed by atoms with E-state index in [1.807, 2.05) is 11.5 Å². The Morgan fingerprint density at radius 3 is 2.59 bits per heavy atom. The Hall–Kier alpha value is -3.00. The van der Waals surface area contributed by atoms with E-state index in [4.69, 9.17) is 4.74 Å². The van der Waals surface area contributed by atoms with Crippen LogP contribution in [0.2, 0.25) is 0 Å². The molecular formula is C21H23N3O4S. The summed E-state index contributed by atoms with van der Waals surface area (Å²) in [6.07, 6.45) is 2.90. The topological polar surface area (TPSA) is 86.7 Å². The molecule has 0 aliphatic rings. The highest BCUT2D eigenvalue weighted by Crippen LogP contribution is 2.23. The van der Waals surface area contributed by atoms with Gasteiger partial charge in [-0.3, -0.25) is 14.9 Å². The van der Waals surface area contributed by atoms with Crippen molar-refractivity contribution in [1.29, 1.82) is 0 Å². The molecule has 1 amide bonds. The van der Waals surface area contributed by atoms with E-state index in [0.717, 1.165) is 35.2 Å². The first kappa shape index (κ1) is 20.7. The molecule has 2 aromatic carbocycles. The molecule has 152 valence electrons. The molecule has 3 rings (SSSR count). The third kappa shape index (κ3) is 4.89. The van der Waals surface area contributed by atoms with E-state index in [1.54, 1.807) is 30.3 Å². The zero-order valence-electron chi connectivity index (χ0n) is 16.5. The third-order valence-corrected chi connectivity index (χ3v) is 5.43. The Morgan fingerprint density at radius 1 is 1.17 bits per heavy atom. The Kier molecular flexibility index (Phi) is 6.77. The lowest BCUT2D eigenvalue weighted by atomic mass is 10.2. The Labute approximate surface area is 172 Å². The van der Waals surface area contributed by atoms with E-state index in [0.29, 0.717) is 23.5 Å². The van der Waals surface area contributed by atoms with Crippen molar-refractivity contribution in [2.45, 2.75) is 39.7 Å². The lowest BCUT2D eigenvalue weighted by molar-refractivity contribution is -0.384. The van der Waals surface area contributed by atoms with Crippen LogP contribution in [-0.2, 0) is 6.54 Å². The molecule has 0 saturated heterocycles. The first-order chi connectivity index (χ1) is 14.0. The van der Waals surface area contributed by atoms with Crippen LogP contribution in [0.3, 0.4) is 0 Å². The van der Waals surface area contributed by atoms with Crippen LogP contribution in [0.25, 0.3) is 10.2 Å². The molecule has 3 aromatic rings. The van der Waals surface area contributed by atoms with Crippen LogP contribution in [0, 0.1) is 10.1 Å². The number of hydrogen-bond donors (Lipinski definition) is 0. The minimum atomic E-state index is -0.421. The fourth-order valence-corrected chi connectivity index (χ4v) is 3.97. The number of thiazole rings is 1. The Balaban J connectivity index is 1.92. The number of rotatable bonds is 8. The number of carbonyl (C=O) groups excluding carboxylic acids is 1. The van der Waals surface area contributed by atoms with E-state index < -0.39 is 4.92 Å². The van der Waals surface area contributed by atoms with E-state index in [9.17, 15) is 14.9 Å². The van der Waals surface area contributed by atoms with Gasteiger partial charge < -0.3 is 9.30 Å². The van der Waals surface area contributed by atoms with Gasteiger partial charge in [-0.15, -0.1) is 0 Å². The Bertz CT molecular complexity index is 1080. The SMILES string of the molecule is CCCCOc1ccc(C(=O)N=c2sc3cc([N+](=O)[O-])ccc3n2CCC)cc1. The lowest BCUT2D eigenvalue weighted by Gasteiger charge is -2.05. The maximum Gasteiger partial charge on any atom is 0.279 e. The molecule has 0 unspecified atom stereocenters. The fraction of sp³-hybridized carbons (Fsp3) is 0.333. The van der Waals surface area contributed by atoms with Gasteiger partial charge in [0.05, 0.1) is 21.7 Å². The van der Waals surface area contributed by atoms with E-state index >= 15 is 0 Å². The van der Waals surface area contributed by atoms with Crippen molar-refractivity contribution in [2.75, 3.05) is 6.61 Å². The predicted molar refractivity (Wildman–Crippen MR) is 113 cm³/mol. The molecule has 0 atom stereocenters. The van der Waals surface area contributed by atoms with Crippen LogP contribution in [0.1, 0.15) is 43.5 Å². The molecule has 0 spiro atoms. The van der Waals surface area contributed by atoms with Crippen LogP contribution in [0.5, 0.6) is 5.75 Å². The summed E-state index contributed by atoms with van der Waals surface area (Å²) < 4.78 is 8.29. The molecule has 0 radical (unpaired) electrons. The maximum atomic E-state index is 12.7. The zero-order chi connectivity index (χ0) is 20.8. The number of non-ortho nitro benzene ring substituents is 1. The molecule has 0 aliphatic carbocycles. The van der Waals surface area contributed by atoms with Crippen LogP contribution >= 0.6 is 11.3 Å². The summed E-state index contributed by atoms with van der Waals surface area (Å²) in [5.74, 6) is 0.376. The van der Waals surface area contributed by atoms with Gasteiger partial charge in [0.2, 0.25) is 0 Å². The first-order valence-corrected chi connectivity index (χ1v) is 10.4. The predicted octanol–water partition coefficient (Wildman–Crippen LogP) is 4.94. The average molecular weight is 413 g/mol. The van der Waals surface area contributed by atoms with Crippen LogP contribution < -0.4 is 9.54 Å². The van der Waals surface area contributed by atoms with Crippen LogP contribution in [0.15, 0.2) is 47.5 Å². The van der Waals surface area contributed by atoms with Gasteiger partial charge in [-0.2, -0.15) is 4.99 Å². The van der Waals surface area contributed by atoms with Crippen molar-refractivity contribution in [3.8, 4) is 5.75 Å². The third-order valence-electron chi connectivity index (χ3n) is 4.39. The second kappa shape index (κ2) is 9.47. The molecule has 1 heterocycles. The molecule has 0 fully saturated rings. The van der Waals surface area contributed by atoms with Gasteiger partial charge in [0.1, 0.15) is 5.75 Å². The summed E-state index contributed by atoms with van der Waals surface area (Å²) in [6, 6.07) is 11.7. The first-order valence-electron chi connectivity index (χ1n) is 9.63. The second-order valence-electron chi connectivity index (χ2n) is 6.59. The summed E-state index contributed by atoms with van der Waals surface area (Å²) in [5.41, 5.74) is 1.34. The van der Waals surface area contributed by atoms with E-state index in [2.05, 4.69) is 11.9 Å².